The molecular weight excluding hydrogens is 665 g/mol. The zero-order chi connectivity index (χ0) is 29.8. The van der Waals surface area contributed by atoms with E-state index in [9.17, 15) is 9.59 Å². The fourth-order valence-electron chi connectivity index (χ4n) is 4.28. The van der Waals surface area contributed by atoms with Gasteiger partial charge in [-0.2, -0.15) is 5.10 Å². The van der Waals surface area contributed by atoms with E-state index in [4.69, 9.17) is 44.3 Å². The molecule has 0 aliphatic rings. The Hall–Kier alpha value is -3.82. The third-order valence-corrected chi connectivity index (χ3v) is 7.49. The van der Waals surface area contributed by atoms with Crippen LogP contribution in [0.3, 0.4) is 0 Å². The smallest absolute Gasteiger partial charge is 0.343 e. The van der Waals surface area contributed by atoms with Gasteiger partial charge in [0.1, 0.15) is 5.69 Å². The number of hydrogen-bond donors (Lipinski definition) is 2. The zero-order valence-electron chi connectivity index (χ0n) is 21.9. The van der Waals surface area contributed by atoms with E-state index in [1.54, 1.807) is 72.8 Å². The Bertz CT molecular complexity index is 1840. The number of esters is 1. The summed E-state index contributed by atoms with van der Waals surface area (Å²) >= 11 is 22.6. The van der Waals surface area contributed by atoms with E-state index in [1.807, 2.05) is 13.0 Å². The Kier molecular flexibility index (Phi) is 9.18. The molecule has 0 atom stereocenters. The van der Waals surface area contributed by atoms with Crippen molar-refractivity contribution in [2.75, 3.05) is 6.61 Å². The average Bonchev–Trinajstić information content (AvgIpc) is 3.34. The molecule has 0 fully saturated rings. The molecular formula is C31H21BrCl3N3O4. The third kappa shape index (κ3) is 6.47. The number of nitrogens with one attached hydrogen (secondary N) is 2. The molecule has 0 bridgehead atoms. The van der Waals surface area contributed by atoms with Crippen LogP contribution in [-0.4, -0.2) is 29.7 Å². The van der Waals surface area contributed by atoms with Gasteiger partial charge < -0.3 is 14.5 Å². The van der Waals surface area contributed by atoms with E-state index in [0.717, 1.165) is 4.47 Å². The first-order chi connectivity index (χ1) is 20.2. The number of carbonyl (C=O) groups excluding carboxylic acids is 2. The molecule has 1 aromatic heterocycles. The summed E-state index contributed by atoms with van der Waals surface area (Å²) in [6.45, 7) is 2.16. The lowest BCUT2D eigenvalue weighted by atomic mass is 10.0. The van der Waals surface area contributed by atoms with Crippen LogP contribution in [0.2, 0.25) is 15.1 Å². The number of hydrogen-bond acceptors (Lipinski definition) is 5. The van der Waals surface area contributed by atoms with Gasteiger partial charge in [-0.1, -0.05) is 68.9 Å². The molecule has 0 radical (unpaired) electrons. The van der Waals surface area contributed by atoms with Gasteiger partial charge in [0, 0.05) is 36.5 Å². The van der Waals surface area contributed by atoms with E-state index in [-0.39, 0.29) is 11.4 Å². The first kappa shape index (κ1) is 29.7. The van der Waals surface area contributed by atoms with Crippen LogP contribution in [-0.2, 0) is 0 Å². The molecule has 0 aliphatic carbocycles. The summed E-state index contributed by atoms with van der Waals surface area (Å²) in [6.07, 6.45) is 1.45. The van der Waals surface area contributed by atoms with Crippen LogP contribution in [0.25, 0.3) is 22.0 Å². The Labute approximate surface area is 264 Å². The SMILES string of the molecule is CCOc1cc(C=NNC(=O)c2[nH]c3cc(Cl)cc(Cl)c3c2-c2ccccc2Cl)ccc1OC(=O)c1ccc(Br)cc1. The van der Waals surface area contributed by atoms with Gasteiger partial charge >= 0.3 is 5.97 Å². The third-order valence-electron chi connectivity index (χ3n) is 6.11. The standard InChI is InChI=1S/C31H21BrCl3N3O4/c1-2-41-26-13-17(7-12-25(26)42-31(40)18-8-10-19(32)11-9-18)16-36-38-30(39)29-27(21-5-3-4-6-22(21)34)28-23(35)14-20(33)15-24(28)37-29/h3-16,37H,2H2,1H3,(H,38,39). The lowest BCUT2D eigenvalue weighted by Gasteiger charge is -2.11. The number of aromatic amines is 1. The molecule has 0 spiro atoms. The van der Waals surface area contributed by atoms with Crippen molar-refractivity contribution >= 4 is 79.7 Å². The molecule has 0 aliphatic heterocycles. The summed E-state index contributed by atoms with van der Waals surface area (Å²) in [4.78, 5) is 29.1. The number of aromatic nitrogens is 1. The molecule has 4 aromatic carbocycles. The highest BCUT2D eigenvalue weighted by Gasteiger charge is 2.23. The normalized spacial score (nSPS) is 11.2. The minimum absolute atomic E-state index is 0.213. The Morgan fingerprint density at radius 1 is 0.952 bits per heavy atom. The van der Waals surface area contributed by atoms with Crippen molar-refractivity contribution in [2.45, 2.75) is 6.92 Å². The number of rotatable bonds is 8. The number of carbonyl (C=O) groups is 2. The molecule has 2 N–H and O–H groups in total. The number of amides is 1. The Morgan fingerprint density at radius 2 is 1.71 bits per heavy atom. The Balaban J connectivity index is 1.39. The van der Waals surface area contributed by atoms with Gasteiger partial charge in [0.25, 0.3) is 5.91 Å². The van der Waals surface area contributed by atoms with Crippen LogP contribution in [0.4, 0.5) is 0 Å². The summed E-state index contributed by atoms with van der Waals surface area (Å²) in [6, 6.07) is 22.2. The van der Waals surface area contributed by atoms with Crippen LogP contribution in [0.15, 0.2) is 88.4 Å². The van der Waals surface area contributed by atoms with Crippen molar-refractivity contribution in [3.63, 3.8) is 0 Å². The van der Waals surface area contributed by atoms with Gasteiger partial charge in [0.15, 0.2) is 11.5 Å². The van der Waals surface area contributed by atoms with Crippen LogP contribution in [0.5, 0.6) is 11.5 Å². The fraction of sp³-hybridized carbons (Fsp3) is 0.0645. The highest BCUT2D eigenvalue weighted by molar-refractivity contribution is 9.10. The van der Waals surface area contributed by atoms with Gasteiger partial charge in [-0.3, -0.25) is 4.79 Å². The first-order valence-electron chi connectivity index (χ1n) is 12.6. The minimum atomic E-state index is -0.522. The largest absolute Gasteiger partial charge is 0.490 e. The topological polar surface area (TPSA) is 92.8 Å². The second-order valence-corrected chi connectivity index (χ2v) is 11.1. The van der Waals surface area contributed by atoms with Crippen molar-refractivity contribution in [1.29, 1.82) is 0 Å². The molecule has 42 heavy (non-hydrogen) atoms. The lowest BCUT2D eigenvalue weighted by Crippen LogP contribution is -2.19. The fourth-order valence-corrected chi connectivity index (χ4v) is 5.36. The van der Waals surface area contributed by atoms with Crippen LogP contribution < -0.4 is 14.9 Å². The summed E-state index contributed by atoms with van der Waals surface area (Å²) in [5.74, 6) is -0.439. The highest BCUT2D eigenvalue weighted by Crippen LogP contribution is 2.41. The molecule has 1 amide bonds. The van der Waals surface area contributed by atoms with E-state index in [0.29, 0.717) is 60.6 Å². The molecule has 11 heteroatoms. The molecule has 0 saturated heterocycles. The monoisotopic (exact) mass is 683 g/mol. The number of H-pyrrole nitrogens is 1. The summed E-state index contributed by atoms with van der Waals surface area (Å²) in [5, 5.41) is 5.98. The van der Waals surface area contributed by atoms with E-state index in [2.05, 4.69) is 31.4 Å². The molecule has 1 heterocycles. The molecule has 212 valence electrons. The number of nitrogens with zero attached hydrogens (tertiary/aromatic N) is 1. The lowest BCUT2D eigenvalue weighted by molar-refractivity contribution is 0.0728. The van der Waals surface area contributed by atoms with Gasteiger partial charge in [-0.25, -0.2) is 10.2 Å². The van der Waals surface area contributed by atoms with E-state index < -0.39 is 11.9 Å². The average molecular weight is 686 g/mol. The summed E-state index contributed by atoms with van der Waals surface area (Å²) in [5.41, 5.74) is 5.48. The van der Waals surface area contributed by atoms with Gasteiger partial charge in [-0.05, 0) is 73.2 Å². The maximum atomic E-state index is 13.3. The van der Waals surface area contributed by atoms with E-state index >= 15 is 0 Å². The predicted octanol–water partition coefficient (Wildman–Crippen LogP) is 8.94. The van der Waals surface area contributed by atoms with Crippen LogP contribution in [0.1, 0.15) is 33.3 Å². The number of benzene rings is 4. The number of ether oxygens (including phenoxy) is 2. The maximum Gasteiger partial charge on any atom is 0.343 e. The van der Waals surface area contributed by atoms with E-state index in [1.165, 1.54) is 6.21 Å². The number of fused-ring (bicyclic) bond motifs is 1. The van der Waals surface area contributed by atoms with Crippen molar-refractivity contribution in [3.8, 4) is 22.6 Å². The predicted molar refractivity (Wildman–Crippen MR) is 171 cm³/mol. The van der Waals surface area contributed by atoms with Crippen LogP contribution in [0, 0.1) is 0 Å². The second kappa shape index (κ2) is 13.0. The molecule has 5 rings (SSSR count). The van der Waals surface area contributed by atoms with Gasteiger partial charge in [-0.15, -0.1) is 0 Å². The Morgan fingerprint density at radius 3 is 2.45 bits per heavy atom. The van der Waals surface area contributed by atoms with Crippen molar-refractivity contribution in [2.24, 2.45) is 5.10 Å². The highest BCUT2D eigenvalue weighted by atomic mass is 79.9. The maximum absolute atomic E-state index is 13.3. The second-order valence-electron chi connectivity index (χ2n) is 8.90. The van der Waals surface area contributed by atoms with Crippen molar-refractivity contribution in [1.82, 2.24) is 10.4 Å². The van der Waals surface area contributed by atoms with Crippen LogP contribution >= 0.6 is 50.7 Å². The van der Waals surface area contributed by atoms with Crippen molar-refractivity contribution < 1.29 is 19.1 Å². The summed E-state index contributed by atoms with van der Waals surface area (Å²) < 4.78 is 12.1. The number of hydrazone groups is 1. The molecule has 7 nitrogen and oxygen atoms in total. The quantitative estimate of drug-likeness (QED) is 0.0739. The van der Waals surface area contributed by atoms with Gasteiger partial charge in [0.2, 0.25) is 0 Å². The number of halogens is 4. The molecule has 0 saturated carbocycles. The minimum Gasteiger partial charge on any atom is -0.490 e. The van der Waals surface area contributed by atoms with Crippen molar-refractivity contribution in [3.05, 3.63) is 115 Å². The zero-order valence-corrected chi connectivity index (χ0v) is 25.7. The first-order valence-corrected chi connectivity index (χ1v) is 14.5. The molecule has 0 unspecified atom stereocenters. The molecule has 5 aromatic rings. The van der Waals surface area contributed by atoms with Gasteiger partial charge in [0.05, 0.1) is 23.4 Å². The summed E-state index contributed by atoms with van der Waals surface area (Å²) in [7, 11) is 0.